The summed E-state index contributed by atoms with van der Waals surface area (Å²) in [5.74, 6) is 0.938. The molecule has 1 aliphatic heterocycles. The molecule has 0 aliphatic carbocycles. The Morgan fingerprint density at radius 3 is 2.96 bits per heavy atom. The average Bonchev–Trinajstić information content (AvgIpc) is 3.26. The smallest absolute Gasteiger partial charge is 0.130 e. The van der Waals surface area contributed by atoms with Crippen LogP contribution in [-0.2, 0) is 4.74 Å². The lowest BCUT2D eigenvalue weighted by atomic mass is 10.0. The minimum Gasteiger partial charge on any atom is -0.378 e. The van der Waals surface area contributed by atoms with E-state index in [1.54, 1.807) is 23.7 Å². The van der Waals surface area contributed by atoms with Gasteiger partial charge >= 0.3 is 0 Å². The molecule has 0 spiro atoms. The lowest BCUT2D eigenvalue weighted by Gasteiger charge is -2.28. The van der Waals surface area contributed by atoms with Crippen molar-refractivity contribution in [2.45, 2.75) is 6.92 Å². The molecular weight excluding hydrogens is 358 g/mol. The van der Waals surface area contributed by atoms with Gasteiger partial charge in [-0.25, -0.2) is 4.98 Å². The molecule has 6 nitrogen and oxygen atoms in total. The number of nitrogens with zero attached hydrogens (tertiary/aromatic N) is 4. The Morgan fingerprint density at radius 1 is 1.37 bits per heavy atom. The minimum absolute atomic E-state index is 0.626. The summed E-state index contributed by atoms with van der Waals surface area (Å²) >= 11 is 1.69. The first-order chi connectivity index (χ1) is 13.3. The highest BCUT2D eigenvalue weighted by molar-refractivity contribution is 7.08. The van der Waals surface area contributed by atoms with Crippen molar-refractivity contribution in [2.75, 3.05) is 31.2 Å². The van der Waals surface area contributed by atoms with Gasteiger partial charge in [0.05, 0.1) is 18.9 Å². The Kier molecular flexibility index (Phi) is 5.13. The van der Waals surface area contributed by atoms with Gasteiger partial charge in [0.1, 0.15) is 17.0 Å². The van der Waals surface area contributed by atoms with E-state index in [2.05, 4.69) is 49.9 Å². The third-order valence-corrected chi connectivity index (χ3v) is 5.18. The first-order valence-electron chi connectivity index (χ1n) is 8.86. The number of pyridine rings is 2. The van der Waals surface area contributed by atoms with Gasteiger partial charge in [0.25, 0.3) is 0 Å². The molecule has 0 atom stereocenters. The van der Waals surface area contributed by atoms with Crippen LogP contribution in [0.5, 0.6) is 0 Å². The van der Waals surface area contributed by atoms with Crippen LogP contribution in [0.1, 0.15) is 12.6 Å². The Morgan fingerprint density at radius 2 is 2.22 bits per heavy atom. The SMILES string of the molecule is C=C(N/N=C\C)c1nccc2c(-c3ccsc3)cc(N3CCOCC3)nc12. The standard InChI is InChI=1S/C20H21N5OS/c1-3-22-24-14(2)19-20-16(4-6-21-19)17(15-5-11-27-13-15)12-18(23-20)25-7-9-26-10-8-25/h3-6,11-13,24H,2,7-10H2,1H3/b22-3-. The van der Waals surface area contributed by atoms with E-state index in [9.17, 15) is 0 Å². The molecule has 138 valence electrons. The van der Waals surface area contributed by atoms with Crippen molar-refractivity contribution in [1.82, 2.24) is 15.4 Å². The fraction of sp³-hybridized carbons (Fsp3) is 0.250. The number of nitrogens with one attached hydrogen (secondary N) is 1. The van der Waals surface area contributed by atoms with Gasteiger partial charge < -0.3 is 9.64 Å². The highest BCUT2D eigenvalue weighted by Crippen LogP contribution is 2.34. The number of ether oxygens (including phenoxy) is 1. The van der Waals surface area contributed by atoms with Crippen molar-refractivity contribution in [3.63, 3.8) is 0 Å². The van der Waals surface area contributed by atoms with Crippen molar-refractivity contribution in [2.24, 2.45) is 5.10 Å². The zero-order valence-corrected chi connectivity index (χ0v) is 16.0. The molecule has 1 aliphatic rings. The van der Waals surface area contributed by atoms with Crippen molar-refractivity contribution in [3.05, 3.63) is 47.4 Å². The number of rotatable bonds is 5. The molecule has 0 bridgehead atoms. The number of hydrogen-bond acceptors (Lipinski definition) is 7. The Hall–Kier alpha value is -2.77. The van der Waals surface area contributed by atoms with Crippen LogP contribution in [0, 0.1) is 0 Å². The molecule has 1 fully saturated rings. The van der Waals surface area contributed by atoms with Gasteiger partial charge in [0, 0.05) is 30.9 Å². The zero-order chi connectivity index (χ0) is 18.6. The van der Waals surface area contributed by atoms with Gasteiger partial charge in [-0.3, -0.25) is 10.4 Å². The van der Waals surface area contributed by atoms with Crippen LogP contribution in [0.2, 0.25) is 0 Å². The van der Waals surface area contributed by atoms with Crippen LogP contribution in [0.3, 0.4) is 0 Å². The first-order valence-corrected chi connectivity index (χ1v) is 9.80. The molecule has 3 aromatic heterocycles. The molecule has 1 N–H and O–H groups in total. The third-order valence-electron chi connectivity index (χ3n) is 4.50. The van der Waals surface area contributed by atoms with Crippen LogP contribution in [0.15, 0.2) is 46.8 Å². The van der Waals surface area contributed by atoms with E-state index in [0.29, 0.717) is 24.6 Å². The van der Waals surface area contributed by atoms with E-state index in [4.69, 9.17) is 9.72 Å². The summed E-state index contributed by atoms with van der Waals surface area (Å²) in [6.07, 6.45) is 3.48. The summed E-state index contributed by atoms with van der Waals surface area (Å²) < 4.78 is 5.50. The molecule has 7 heteroatoms. The van der Waals surface area contributed by atoms with E-state index in [1.807, 2.05) is 13.0 Å². The second-order valence-electron chi connectivity index (χ2n) is 6.17. The van der Waals surface area contributed by atoms with Gasteiger partial charge in [-0.15, -0.1) is 0 Å². The van der Waals surface area contributed by atoms with E-state index in [0.717, 1.165) is 35.4 Å². The van der Waals surface area contributed by atoms with Gasteiger partial charge in [0.15, 0.2) is 0 Å². The monoisotopic (exact) mass is 379 g/mol. The highest BCUT2D eigenvalue weighted by Gasteiger charge is 2.18. The molecule has 4 heterocycles. The van der Waals surface area contributed by atoms with E-state index in [-0.39, 0.29) is 0 Å². The predicted octanol–water partition coefficient (Wildman–Crippen LogP) is 3.76. The molecule has 4 rings (SSSR count). The van der Waals surface area contributed by atoms with Crippen LogP contribution in [0.4, 0.5) is 5.82 Å². The topological polar surface area (TPSA) is 62.6 Å². The Balaban J connectivity index is 1.90. The third kappa shape index (κ3) is 3.56. The quantitative estimate of drug-likeness (QED) is 0.540. The Labute approximate surface area is 162 Å². The first kappa shape index (κ1) is 17.6. The molecule has 27 heavy (non-hydrogen) atoms. The second-order valence-corrected chi connectivity index (χ2v) is 6.95. The maximum atomic E-state index is 5.50. The van der Waals surface area contributed by atoms with E-state index < -0.39 is 0 Å². The number of hydrazone groups is 1. The summed E-state index contributed by atoms with van der Waals surface area (Å²) in [6, 6.07) is 6.31. The van der Waals surface area contributed by atoms with E-state index >= 15 is 0 Å². The average molecular weight is 379 g/mol. The summed E-state index contributed by atoms with van der Waals surface area (Å²) in [5.41, 5.74) is 7.44. The largest absolute Gasteiger partial charge is 0.378 e. The van der Waals surface area contributed by atoms with Gasteiger partial charge in [-0.2, -0.15) is 16.4 Å². The molecule has 1 saturated heterocycles. The fourth-order valence-corrected chi connectivity index (χ4v) is 3.82. The van der Waals surface area contributed by atoms with Gasteiger partial charge in [-0.1, -0.05) is 6.58 Å². The lowest BCUT2D eigenvalue weighted by Crippen LogP contribution is -2.36. The van der Waals surface area contributed by atoms with Crippen molar-refractivity contribution in [3.8, 4) is 11.1 Å². The number of fused-ring (bicyclic) bond motifs is 1. The van der Waals surface area contributed by atoms with Crippen LogP contribution < -0.4 is 10.3 Å². The number of morpholine rings is 1. The van der Waals surface area contributed by atoms with Crippen molar-refractivity contribution < 1.29 is 4.74 Å². The molecule has 0 amide bonds. The van der Waals surface area contributed by atoms with Crippen LogP contribution >= 0.6 is 11.3 Å². The molecule has 0 saturated carbocycles. The van der Waals surface area contributed by atoms with Crippen molar-refractivity contribution >= 4 is 40.0 Å². The number of hydrogen-bond donors (Lipinski definition) is 1. The zero-order valence-electron chi connectivity index (χ0n) is 15.2. The molecule has 0 radical (unpaired) electrons. The van der Waals surface area contributed by atoms with Crippen LogP contribution in [-0.4, -0.2) is 42.5 Å². The summed E-state index contributed by atoms with van der Waals surface area (Å²) in [7, 11) is 0. The molecular formula is C20H21N5OS. The fourth-order valence-electron chi connectivity index (χ4n) is 3.17. The summed E-state index contributed by atoms with van der Waals surface area (Å²) in [4.78, 5) is 11.7. The molecule has 3 aromatic rings. The predicted molar refractivity (Wildman–Crippen MR) is 112 cm³/mol. The normalized spacial score (nSPS) is 14.8. The maximum Gasteiger partial charge on any atom is 0.130 e. The van der Waals surface area contributed by atoms with E-state index in [1.165, 1.54) is 5.56 Å². The maximum absolute atomic E-state index is 5.50. The summed E-state index contributed by atoms with van der Waals surface area (Å²) in [5, 5.41) is 9.38. The number of aromatic nitrogens is 2. The highest BCUT2D eigenvalue weighted by atomic mass is 32.1. The minimum atomic E-state index is 0.626. The Bertz CT molecular complexity index is 977. The molecule has 0 aromatic carbocycles. The number of thiophene rings is 1. The van der Waals surface area contributed by atoms with Crippen LogP contribution in [0.25, 0.3) is 27.7 Å². The number of anilines is 1. The lowest BCUT2D eigenvalue weighted by molar-refractivity contribution is 0.122. The summed E-state index contributed by atoms with van der Waals surface area (Å²) in [6.45, 7) is 9.03. The molecule has 0 unspecified atom stereocenters. The van der Waals surface area contributed by atoms with Gasteiger partial charge in [0.2, 0.25) is 0 Å². The second kappa shape index (κ2) is 7.85. The van der Waals surface area contributed by atoms with Crippen molar-refractivity contribution in [1.29, 1.82) is 0 Å². The van der Waals surface area contributed by atoms with Gasteiger partial charge in [-0.05, 0) is 47.0 Å².